The minimum absolute atomic E-state index is 0.0920. The topological polar surface area (TPSA) is 70.2 Å². The molecule has 1 saturated heterocycles. The van der Waals surface area contributed by atoms with Crippen LogP contribution in [-0.2, 0) is 4.79 Å². The molecule has 23 heavy (non-hydrogen) atoms. The van der Waals surface area contributed by atoms with Crippen molar-refractivity contribution < 1.29 is 9.59 Å². The summed E-state index contributed by atoms with van der Waals surface area (Å²) in [5, 5.41) is 9.53. The second-order valence-corrected chi connectivity index (χ2v) is 6.80. The number of hydrogen-bond acceptors (Lipinski definition) is 3. The molecule has 2 unspecified atom stereocenters. The number of anilines is 1. The summed E-state index contributed by atoms with van der Waals surface area (Å²) >= 11 is 6.16. The molecule has 2 amide bonds. The second-order valence-electron chi connectivity index (χ2n) is 6.39. The van der Waals surface area contributed by atoms with Crippen LogP contribution in [0.3, 0.4) is 0 Å². The van der Waals surface area contributed by atoms with Crippen molar-refractivity contribution in [3.05, 3.63) is 28.8 Å². The van der Waals surface area contributed by atoms with Crippen LogP contribution in [0.5, 0.6) is 0 Å². The Labute approximate surface area is 142 Å². The fraction of sp³-hybridized carbons (Fsp3) is 0.529. The molecule has 5 nitrogen and oxygen atoms in total. The van der Waals surface area contributed by atoms with E-state index in [4.69, 9.17) is 11.6 Å². The average Bonchev–Trinajstić information content (AvgIpc) is 2.51. The van der Waals surface area contributed by atoms with Crippen LogP contribution in [0.15, 0.2) is 18.2 Å². The van der Waals surface area contributed by atoms with Crippen molar-refractivity contribution in [2.24, 2.45) is 11.8 Å². The molecule has 0 bridgehead atoms. The molecule has 0 saturated carbocycles. The van der Waals surface area contributed by atoms with E-state index in [9.17, 15) is 9.59 Å². The number of carbonyl (C=O) groups excluding carboxylic acids is 2. The van der Waals surface area contributed by atoms with Crippen molar-refractivity contribution in [3.63, 3.8) is 0 Å². The van der Waals surface area contributed by atoms with Gasteiger partial charge in [-0.15, -0.1) is 0 Å². The summed E-state index contributed by atoms with van der Waals surface area (Å²) in [4.78, 5) is 24.3. The fourth-order valence-electron chi connectivity index (χ4n) is 2.54. The molecule has 1 aromatic rings. The minimum Gasteiger partial charge on any atom is -0.349 e. The van der Waals surface area contributed by atoms with E-state index in [2.05, 4.69) is 22.9 Å². The Bertz CT molecular complexity index is 589. The normalized spacial score (nSPS) is 21.1. The smallest absolute Gasteiger partial charge is 0.253 e. The van der Waals surface area contributed by atoms with Gasteiger partial charge in [-0.2, -0.15) is 0 Å². The summed E-state index contributed by atoms with van der Waals surface area (Å²) in [7, 11) is 0. The highest BCUT2D eigenvalue weighted by Crippen LogP contribution is 2.22. The quantitative estimate of drug-likeness (QED) is 0.791. The molecule has 126 valence electrons. The SMILES string of the molecule is CC(C)C(=O)Nc1ccc(Cl)c(C(=O)NC2CCNCC2C)c1. The van der Waals surface area contributed by atoms with Crippen LogP contribution in [0.1, 0.15) is 37.6 Å². The van der Waals surface area contributed by atoms with Gasteiger partial charge in [0, 0.05) is 17.6 Å². The number of halogens is 1. The van der Waals surface area contributed by atoms with Gasteiger partial charge in [-0.05, 0) is 43.6 Å². The maximum absolute atomic E-state index is 12.5. The highest BCUT2D eigenvalue weighted by Gasteiger charge is 2.24. The van der Waals surface area contributed by atoms with E-state index >= 15 is 0 Å². The van der Waals surface area contributed by atoms with E-state index in [-0.39, 0.29) is 23.8 Å². The molecule has 0 spiro atoms. The Balaban J connectivity index is 2.11. The Hall–Kier alpha value is -1.59. The minimum atomic E-state index is -0.200. The molecule has 0 aliphatic carbocycles. The van der Waals surface area contributed by atoms with Crippen molar-refractivity contribution >= 4 is 29.1 Å². The first-order valence-corrected chi connectivity index (χ1v) is 8.38. The highest BCUT2D eigenvalue weighted by molar-refractivity contribution is 6.34. The lowest BCUT2D eigenvalue weighted by Crippen LogP contribution is -2.48. The molecular weight excluding hydrogens is 314 g/mol. The monoisotopic (exact) mass is 337 g/mol. The van der Waals surface area contributed by atoms with Gasteiger partial charge in [0.25, 0.3) is 5.91 Å². The highest BCUT2D eigenvalue weighted by atomic mass is 35.5. The lowest BCUT2D eigenvalue weighted by atomic mass is 9.95. The third kappa shape index (κ3) is 4.69. The summed E-state index contributed by atoms with van der Waals surface area (Å²) in [6.45, 7) is 7.53. The lowest BCUT2D eigenvalue weighted by Gasteiger charge is -2.30. The molecule has 3 N–H and O–H groups in total. The molecule has 1 heterocycles. The Kier molecular flexibility index (Phi) is 6.02. The first-order chi connectivity index (χ1) is 10.9. The summed E-state index contributed by atoms with van der Waals surface area (Å²) in [5.74, 6) is -0.0473. The van der Waals surface area contributed by atoms with Crippen LogP contribution < -0.4 is 16.0 Å². The molecule has 1 fully saturated rings. The average molecular weight is 338 g/mol. The van der Waals surface area contributed by atoms with Crippen molar-refractivity contribution in [2.45, 2.75) is 33.2 Å². The van der Waals surface area contributed by atoms with Crippen LogP contribution in [-0.4, -0.2) is 30.9 Å². The third-order valence-electron chi connectivity index (χ3n) is 4.10. The number of piperidine rings is 1. The zero-order valence-corrected chi connectivity index (χ0v) is 14.5. The Morgan fingerprint density at radius 2 is 2.09 bits per heavy atom. The van der Waals surface area contributed by atoms with Crippen LogP contribution in [0.2, 0.25) is 5.02 Å². The van der Waals surface area contributed by atoms with Gasteiger partial charge in [0.15, 0.2) is 0 Å². The zero-order chi connectivity index (χ0) is 17.0. The van der Waals surface area contributed by atoms with E-state index in [0.717, 1.165) is 19.5 Å². The molecule has 2 atom stereocenters. The van der Waals surface area contributed by atoms with E-state index in [1.807, 2.05) is 13.8 Å². The molecule has 2 rings (SSSR count). The number of amides is 2. The van der Waals surface area contributed by atoms with Crippen molar-refractivity contribution in [2.75, 3.05) is 18.4 Å². The van der Waals surface area contributed by atoms with Crippen molar-refractivity contribution in [1.29, 1.82) is 0 Å². The van der Waals surface area contributed by atoms with E-state index < -0.39 is 0 Å². The van der Waals surface area contributed by atoms with Crippen LogP contribution in [0, 0.1) is 11.8 Å². The molecule has 1 aliphatic heterocycles. The molecule has 1 aliphatic rings. The molecular formula is C17H24ClN3O2. The van der Waals surface area contributed by atoms with Gasteiger partial charge in [0.1, 0.15) is 0 Å². The summed E-state index contributed by atoms with van der Waals surface area (Å²) in [6.07, 6.45) is 0.897. The van der Waals surface area contributed by atoms with E-state index in [0.29, 0.717) is 22.2 Å². The summed E-state index contributed by atoms with van der Waals surface area (Å²) in [6, 6.07) is 5.10. The van der Waals surface area contributed by atoms with Gasteiger partial charge >= 0.3 is 0 Å². The number of rotatable bonds is 4. The maximum Gasteiger partial charge on any atom is 0.253 e. The van der Waals surface area contributed by atoms with Gasteiger partial charge in [-0.1, -0.05) is 32.4 Å². The summed E-state index contributed by atoms with van der Waals surface area (Å²) in [5.41, 5.74) is 0.968. The van der Waals surface area contributed by atoms with Gasteiger partial charge in [0.2, 0.25) is 5.91 Å². The first kappa shape index (κ1) is 17.8. The number of benzene rings is 1. The fourth-order valence-corrected chi connectivity index (χ4v) is 2.74. The number of carbonyl (C=O) groups is 2. The van der Waals surface area contributed by atoms with Crippen LogP contribution in [0.25, 0.3) is 0 Å². The number of hydrogen-bond donors (Lipinski definition) is 3. The standard InChI is InChI=1S/C17H24ClN3O2/c1-10(2)16(22)20-12-4-5-14(18)13(8-12)17(23)21-15-6-7-19-9-11(15)3/h4-5,8,10-11,15,19H,6-7,9H2,1-3H3,(H,20,22)(H,21,23). The van der Waals surface area contributed by atoms with E-state index in [1.165, 1.54) is 0 Å². The predicted molar refractivity (Wildman–Crippen MR) is 92.8 cm³/mol. The molecule has 0 radical (unpaired) electrons. The predicted octanol–water partition coefficient (Wildman–Crippen LogP) is 2.66. The Morgan fingerprint density at radius 1 is 1.35 bits per heavy atom. The van der Waals surface area contributed by atoms with E-state index in [1.54, 1.807) is 18.2 Å². The van der Waals surface area contributed by atoms with Gasteiger partial charge in [-0.3, -0.25) is 9.59 Å². The maximum atomic E-state index is 12.5. The van der Waals surface area contributed by atoms with Crippen molar-refractivity contribution in [3.8, 4) is 0 Å². The largest absolute Gasteiger partial charge is 0.349 e. The van der Waals surface area contributed by atoms with Gasteiger partial charge in [0.05, 0.1) is 10.6 Å². The molecule has 1 aromatic carbocycles. The number of nitrogens with one attached hydrogen (secondary N) is 3. The van der Waals surface area contributed by atoms with Gasteiger partial charge < -0.3 is 16.0 Å². The van der Waals surface area contributed by atoms with Gasteiger partial charge in [-0.25, -0.2) is 0 Å². The first-order valence-electron chi connectivity index (χ1n) is 8.00. The Morgan fingerprint density at radius 3 is 2.74 bits per heavy atom. The summed E-state index contributed by atoms with van der Waals surface area (Å²) < 4.78 is 0. The van der Waals surface area contributed by atoms with Crippen LogP contribution in [0.4, 0.5) is 5.69 Å². The lowest BCUT2D eigenvalue weighted by molar-refractivity contribution is -0.118. The molecule has 0 aromatic heterocycles. The zero-order valence-electron chi connectivity index (χ0n) is 13.8. The third-order valence-corrected chi connectivity index (χ3v) is 4.43. The van der Waals surface area contributed by atoms with Crippen molar-refractivity contribution in [1.82, 2.24) is 10.6 Å². The second kappa shape index (κ2) is 7.79. The van der Waals surface area contributed by atoms with Crippen LogP contribution >= 0.6 is 11.6 Å². The molecule has 6 heteroatoms.